The average Bonchev–Trinajstić information content (AvgIpc) is 3.01. The van der Waals surface area contributed by atoms with Gasteiger partial charge in [-0.25, -0.2) is 18.4 Å². The van der Waals surface area contributed by atoms with Crippen LogP contribution in [-0.2, 0) is 5.54 Å². The van der Waals surface area contributed by atoms with Crippen LogP contribution in [0.15, 0.2) is 24.3 Å². The second-order valence-electron chi connectivity index (χ2n) is 8.76. The molecule has 0 spiro atoms. The molecule has 0 saturated carbocycles. The highest BCUT2D eigenvalue weighted by Crippen LogP contribution is 2.31. The van der Waals surface area contributed by atoms with Gasteiger partial charge < -0.3 is 4.90 Å². The van der Waals surface area contributed by atoms with Crippen molar-refractivity contribution in [2.45, 2.75) is 59.9 Å². The Kier molecular flexibility index (Phi) is 5.67. The number of hydrogen-bond acceptors (Lipinski definition) is 3. The van der Waals surface area contributed by atoms with Gasteiger partial charge in [0.2, 0.25) is 0 Å². The number of amides is 1. The molecule has 0 aliphatic rings. The van der Waals surface area contributed by atoms with E-state index in [9.17, 15) is 13.6 Å². The van der Waals surface area contributed by atoms with Crippen LogP contribution in [0.2, 0.25) is 0 Å². The molecule has 0 N–H and O–H groups in total. The highest BCUT2D eigenvalue weighted by molar-refractivity contribution is 6.14. The first-order chi connectivity index (χ1) is 14.0. The van der Waals surface area contributed by atoms with Crippen molar-refractivity contribution in [3.8, 4) is 0 Å². The third-order valence-corrected chi connectivity index (χ3v) is 5.07. The van der Waals surface area contributed by atoms with Crippen LogP contribution in [0.3, 0.4) is 0 Å². The fourth-order valence-electron chi connectivity index (χ4n) is 3.48. The molecule has 0 bridgehead atoms. The number of nitrogens with zero attached hydrogens (tertiary/aromatic N) is 4. The molecule has 2 aromatic heterocycles. The SMILES string of the molecule is CCN(C(=O)c1cc(C(C)C)nc2c1c(C)nn2C(C)(C)C)c1ccc(F)c(F)c1. The van der Waals surface area contributed by atoms with Crippen LogP contribution in [0.25, 0.3) is 11.0 Å². The van der Waals surface area contributed by atoms with Crippen LogP contribution in [0.4, 0.5) is 14.5 Å². The van der Waals surface area contributed by atoms with Crippen molar-refractivity contribution in [3.63, 3.8) is 0 Å². The predicted molar refractivity (Wildman–Crippen MR) is 115 cm³/mol. The summed E-state index contributed by atoms with van der Waals surface area (Å²) in [5.74, 6) is -2.13. The topological polar surface area (TPSA) is 51.0 Å². The molecule has 3 rings (SSSR count). The number of rotatable bonds is 4. The average molecular weight is 415 g/mol. The summed E-state index contributed by atoms with van der Waals surface area (Å²) in [4.78, 5) is 19.9. The first-order valence-electron chi connectivity index (χ1n) is 10.1. The molecule has 2 heterocycles. The Hall–Kier alpha value is -2.83. The zero-order valence-electron chi connectivity index (χ0n) is 18.5. The zero-order valence-corrected chi connectivity index (χ0v) is 18.5. The zero-order chi connectivity index (χ0) is 22.4. The Bertz CT molecular complexity index is 1110. The summed E-state index contributed by atoms with van der Waals surface area (Å²) in [7, 11) is 0. The van der Waals surface area contributed by atoms with E-state index in [4.69, 9.17) is 4.98 Å². The van der Waals surface area contributed by atoms with Crippen LogP contribution in [0, 0.1) is 18.6 Å². The lowest BCUT2D eigenvalue weighted by molar-refractivity contribution is 0.0989. The van der Waals surface area contributed by atoms with Gasteiger partial charge in [-0.2, -0.15) is 5.10 Å². The summed E-state index contributed by atoms with van der Waals surface area (Å²) in [5.41, 5.74) is 2.57. The fourth-order valence-corrected chi connectivity index (χ4v) is 3.48. The lowest BCUT2D eigenvalue weighted by Crippen LogP contribution is -2.31. The highest BCUT2D eigenvalue weighted by atomic mass is 19.2. The van der Waals surface area contributed by atoms with Gasteiger partial charge in [-0.1, -0.05) is 13.8 Å². The van der Waals surface area contributed by atoms with Crippen LogP contribution in [0.5, 0.6) is 0 Å². The molecule has 0 aliphatic heterocycles. The quantitative estimate of drug-likeness (QED) is 0.561. The van der Waals surface area contributed by atoms with Gasteiger partial charge >= 0.3 is 0 Å². The van der Waals surface area contributed by atoms with Crippen molar-refractivity contribution in [2.24, 2.45) is 0 Å². The minimum Gasteiger partial charge on any atom is -0.309 e. The molecular weight excluding hydrogens is 386 g/mol. The molecule has 160 valence electrons. The van der Waals surface area contributed by atoms with Gasteiger partial charge in [-0.05, 0) is 58.7 Å². The molecule has 0 saturated heterocycles. The van der Waals surface area contributed by atoms with Gasteiger partial charge in [0.05, 0.1) is 22.2 Å². The molecule has 30 heavy (non-hydrogen) atoms. The van der Waals surface area contributed by atoms with E-state index in [0.29, 0.717) is 34.5 Å². The van der Waals surface area contributed by atoms with Crippen molar-refractivity contribution < 1.29 is 13.6 Å². The predicted octanol–water partition coefficient (Wildman–Crippen LogP) is 5.56. The van der Waals surface area contributed by atoms with Crippen LogP contribution in [-0.4, -0.2) is 27.2 Å². The second-order valence-corrected chi connectivity index (χ2v) is 8.76. The maximum atomic E-state index is 13.8. The molecule has 0 radical (unpaired) electrons. The van der Waals surface area contributed by atoms with Crippen LogP contribution >= 0.6 is 0 Å². The lowest BCUT2D eigenvalue weighted by Gasteiger charge is -2.23. The minimum absolute atomic E-state index is 0.0999. The van der Waals surface area contributed by atoms with E-state index < -0.39 is 11.6 Å². The summed E-state index contributed by atoms with van der Waals surface area (Å²) in [6.07, 6.45) is 0. The molecule has 0 atom stereocenters. The van der Waals surface area contributed by atoms with E-state index in [-0.39, 0.29) is 17.4 Å². The summed E-state index contributed by atoms with van der Waals surface area (Å²) in [6, 6.07) is 5.28. The Balaban J connectivity index is 2.26. The summed E-state index contributed by atoms with van der Waals surface area (Å²) >= 11 is 0. The van der Waals surface area contributed by atoms with E-state index in [1.807, 2.05) is 46.2 Å². The van der Waals surface area contributed by atoms with Gasteiger partial charge in [-0.3, -0.25) is 4.79 Å². The number of aryl methyl sites for hydroxylation is 1. The molecule has 1 amide bonds. The third kappa shape index (κ3) is 3.80. The number of anilines is 1. The van der Waals surface area contributed by atoms with Gasteiger partial charge in [-0.15, -0.1) is 0 Å². The Morgan fingerprint density at radius 3 is 2.37 bits per heavy atom. The molecule has 5 nitrogen and oxygen atoms in total. The molecule has 0 unspecified atom stereocenters. The number of pyridine rings is 1. The number of fused-ring (bicyclic) bond motifs is 1. The summed E-state index contributed by atoms with van der Waals surface area (Å²) < 4.78 is 29.1. The fraction of sp³-hybridized carbons (Fsp3) is 0.435. The molecule has 3 aromatic rings. The lowest BCUT2D eigenvalue weighted by atomic mass is 10.0. The number of benzene rings is 1. The normalized spacial score (nSPS) is 12.1. The van der Waals surface area contributed by atoms with Crippen LogP contribution < -0.4 is 4.90 Å². The van der Waals surface area contributed by atoms with Gasteiger partial charge in [0, 0.05) is 24.0 Å². The van der Waals surface area contributed by atoms with E-state index in [0.717, 1.165) is 17.8 Å². The third-order valence-electron chi connectivity index (χ3n) is 5.07. The standard InChI is InChI=1S/C23H28F2N4O/c1-8-28(15-9-10-17(24)18(25)11-15)22(30)16-12-19(13(2)3)26-21-20(16)14(4)27-29(21)23(5,6)7/h9-13H,8H2,1-7H3. The Labute approximate surface area is 175 Å². The van der Waals surface area contributed by atoms with E-state index >= 15 is 0 Å². The molecule has 1 aromatic carbocycles. The minimum atomic E-state index is -0.988. The first-order valence-corrected chi connectivity index (χ1v) is 10.1. The molecular formula is C23H28F2N4O. The second kappa shape index (κ2) is 7.78. The Morgan fingerprint density at radius 2 is 1.83 bits per heavy atom. The number of carbonyl (C=O) groups is 1. The molecule has 0 aliphatic carbocycles. The van der Waals surface area contributed by atoms with E-state index in [2.05, 4.69) is 5.10 Å². The maximum absolute atomic E-state index is 13.8. The summed E-state index contributed by atoms with van der Waals surface area (Å²) in [6.45, 7) is 14.1. The van der Waals surface area contributed by atoms with Crippen molar-refractivity contribution in [2.75, 3.05) is 11.4 Å². The van der Waals surface area contributed by atoms with Gasteiger partial charge in [0.1, 0.15) is 0 Å². The smallest absolute Gasteiger partial charge is 0.259 e. The number of halogens is 2. The number of carbonyl (C=O) groups excluding carboxylic acids is 1. The van der Waals surface area contributed by atoms with E-state index in [1.54, 1.807) is 13.0 Å². The van der Waals surface area contributed by atoms with Crippen LogP contribution in [0.1, 0.15) is 69.2 Å². The Morgan fingerprint density at radius 1 is 1.17 bits per heavy atom. The number of aromatic nitrogens is 3. The summed E-state index contributed by atoms with van der Waals surface area (Å²) in [5, 5.41) is 5.34. The number of hydrogen-bond donors (Lipinski definition) is 0. The van der Waals surface area contributed by atoms with Gasteiger partial charge in [0.15, 0.2) is 17.3 Å². The molecule has 0 fully saturated rings. The maximum Gasteiger partial charge on any atom is 0.259 e. The van der Waals surface area contributed by atoms with Gasteiger partial charge in [0.25, 0.3) is 5.91 Å². The largest absolute Gasteiger partial charge is 0.309 e. The first kappa shape index (κ1) is 21.9. The van der Waals surface area contributed by atoms with Crippen molar-refractivity contribution >= 4 is 22.6 Å². The van der Waals surface area contributed by atoms with Crippen molar-refractivity contribution in [3.05, 3.63) is 52.9 Å². The van der Waals surface area contributed by atoms with E-state index in [1.165, 1.54) is 11.0 Å². The van der Waals surface area contributed by atoms with Crippen molar-refractivity contribution in [1.82, 2.24) is 14.8 Å². The monoisotopic (exact) mass is 414 g/mol. The molecule has 7 heteroatoms. The highest BCUT2D eigenvalue weighted by Gasteiger charge is 2.27. The van der Waals surface area contributed by atoms with Crippen molar-refractivity contribution in [1.29, 1.82) is 0 Å².